The molecular formula is C13H10BN3OS. The van der Waals surface area contributed by atoms with Gasteiger partial charge in [0.2, 0.25) is 0 Å². The number of nitrogens with zero attached hydrogens (tertiary/aromatic N) is 3. The second kappa shape index (κ2) is 4.62. The molecule has 1 unspecified atom stereocenters. The summed E-state index contributed by atoms with van der Waals surface area (Å²) >= 11 is 1.42. The molecule has 0 amide bonds. The molecule has 0 N–H and O–H groups in total. The summed E-state index contributed by atoms with van der Waals surface area (Å²) in [5.41, 5.74) is 1.31. The fraction of sp³-hybridized carbons (Fsp3) is 0.154. The summed E-state index contributed by atoms with van der Waals surface area (Å²) in [5.74, 6) is -0.126. The molecule has 0 spiro atoms. The van der Waals surface area contributed by atoms with E-state index in [0.717, 1.165) is 11.1 Å². The minimum Gasteiger partial charge on any atom is -0.266 e. The maximum Gasteiger partial charge on any atom is 0.289 e. The van der Waals surface area contributed by atoms with Gasteiger partial charge in [0.05, 0.1) is 25.9 Å². The zero-order valence-corrected chi connectivity index (χ0v) is 11.1. The Bertz CT molecular complexity index is 776. The fourth-order valence-corrected chi connectivity index (χ4v) is 2.63. The molecule has 2 radical (unpaired) electrons. The quantitative estimate of drug-likeness (QED) is 0.668. The van der Waals surface area contributed by atoms with Gasteiger partial charge in [0.15, 0.2) is 0 Å². The first kappa shape index (κ1) is 12.1. The summed E-state index contributed by atoms with van der Waals surface area (Å²) in [6, 6.07) is 5.50. The van der Waals surface area contributed by atoms with Crippen molar-refractivity contribution >= 4 is 29.3 Å². The Morgan fingerprint density at radius 2 is 2.16 bits per heavy atom. The Morgan fingerprint density at radius 3 is 2.84 bits per heavy atom. The number of fused-ring (bicyclic) bond motifs is 1. The molecule has 0 saturated carbocycles. The van der Waals surface area contributed by atoms with E-state index in [4.69, 9.17) is 7.85 Å². The topological polar surface area (TPSA) is 47.8 Å². The van der Waals surface area contributed by atoms with E-state index in [1.54, 1.807) is 18.5 Å². The second-order valence-electron chi connectivity index (χ2n) is 4.30. The van der Waals surface area contributed by atoms with Crippen LogP contribution < -0.4 is 5.56 Å². The van der Waals surface area contributed by atoms with Gasteiger partial charge in [0.1, 0.15) is 4.70 Å². The van der Waals surface area contributed by atoms with Gasteiger partial charge >= 0.3 is 0 Å². The maximum absolute atomic E-state index is 12.3. The summed E-state index contributed by atoms with van der Waals surface area (Å²) in [4.78, 5) is 16.5. The molecule has 19 heavy (non-hydrogen) atoms. The predicted molar refractivity (Wildman–Crippen MR) is 77.2 cm³/mol. The van der Waals surface area contributed by atoms with Crippen LogP contribution in [0.4, 0.5) is 0 Å². The van der Waals surface area contributed by atoms with E-state index >= 15 is 0 Å². The second-order valence-corrected chi connectivity index (χ2v) is 5.21. The first-order chi connectivity index (χ1) is 9.16. The van der Waals surface area contributed by atoms with Gasteiger partial charge in [-0.1, -0.05) is 6.92 Å². The normalized spacial score (nSPS) is 12.7. The van der Waals surface area contributed by atoms with Crippen molar-refractivity contribution in [3.63, 3.8) is 0 Å². The molecular weight excluding hydrogens is 257 g/mol. The number of rotatable bonds is 2. The van der Waals surface area contributed by atoms with E-state index in [9.17, 15) is 4.79 Å². The highest BCUT2D eigenvalue weighted by Gasteiger charge is 2.08. The van der Waals surface area contributed by atoms with Gasteiger partial charge in [-0.05, 0) is 29.4 Å². The van der Waals surface area contributed by atoms with Crippen molar-refractivity contribution in [1.82, 2.24) is 14.8 Å². The molecule has 0 aliphatic heterocycles. The maximum atomic E-state index is 12.3. The first-order valence-corrected chi connectivity index (χ1v) is 6.72. The van der Waals surface area contributed by atoms with E-state index in [0.29, 0.717) is 10.4 Å². The van der Waals surface area contributed by atoms with Crippen LogP contribution in [0.25, 0.3) is 15.8 Å². The van der Waals surface area contributed by atoms with Crippen LogP contribution in [0.1, 0.15) is 18.4 Å². The van der Waals surface area contributed by atoms with Crippen LogP contribution in [-0.4, -0.2) is 22.6 Å². The molecule has 0 aromatic carbocycles. The average Bonchev–Trinajstić information content (AvgIpc) is 2.88. The van der Waals surface area contributed by atoms with Gasteiger partial charge in [0, 0.05) is 11.1 Å². The lowest BCUT2D eigenvalue weighted by Gasteiger charge is -2.07. The summed E-state index contributed by atoms with van der Waals surface area (Å²) < 4.78 is 2.06. The van der Waals surface area contributed by atoms with Crippen molar-refractivity contribution in [1.29, 1.82) is 0 Å². The van der Waals surface area contributed by atoms with Crippen molar-refractivity contribution in [2.75, 3.05) is 0 Å². The minimum atomic E-state index is -0.126. The van der Waals surface area contributed by atoms with Crippen molar-refractivity contribution in [3.8, 4) is 5.69 Å². The lowest BCUT2D eigenvalue weighted by atomic mass is 9.86. The Labute approximate surface area is 115 Å². The minimum absolute atomic E-state index is 0.122. The Kier molecular flexibility index (Phi) is 2.95. The molecule has 3 heterocycles. The molecule has 0 aliphatic carbocycles. The summed E-state index contributed by atoms with van der Waals surface area (Å²) in [6.45, 7) is 1.87. The standard InChI is InChI=1S/C13H10BN3OS/c1-8(14)11-3-2-10(7-15-11)17-13(18)12-9(6-16-17)4-5-19-12/h2-8H,1H3. The highest BCUT2D eigenvalue weighted by atomic mass is 32.1. The van der Waals surface area contributed by atoms with Gasteiger partial charge < -0.3 is 0 Å². The van der Waals surface area contributed by atoms with Crippen molar-refractivity contribution in [2.45, 2.75) is 12.7 Å². The Balaban J connectivity index is 2.13. The summed E-state index contributed by atoms with van der Waals surface area (Å²) in [6.07, 6.45) is 3.30. The van der Waals surface area contributed by atoms with Crippen molar-refractivity contribution in [2.24, 2.45) is 0 Å². The summed E-state index contributed by atoms with van der Waals surface area (Å²) in [7, 11) is 5.75. The van der Waals surface area contributed by atoms with Crippen LogP contribution in [0.5, 0.6) is 0 Å². The molecule has 3 aromatic rings. The molecule has 3 aromatic heterocycles. The van der Waals surface area contributed by atoms with E-state index in [2.05, 4.69) is 10.1 Å². The van der Waals surface area contributed by atoms with E-state index in [1.165, 1.54) is 16.0 Å². The SMILES string of the molecule is [B]C(C)c1ccc(-n2ncc3ccsc3c2=O)cn1. The molecule has 0 aliphatic rings. The summed E-state index contributed by atoms with van der Waals surface area (Å²) in [5, 5.41) is 6.91. The number of pyridine rings is 1. The van der Waals surface area contributed by atoms with Gasteiger partial charge in [-0.2, -0.15) is 9.78 Å². The predicted octanol–water partition coefficient (Wildman–Crippen LogP) is 2.07. The third kappa shape index (κ3) is 2.08. The van der Waals surface area contributed by atoms with Gasteiger partial charge in [-0.25, -0.2) is 0 Å². The lowest BCUT2D eigenvalue weighted by molar-refractivity contribution is 0.814. The molecule has 0 saturated heterocycles. The number of thiophene rings is 1. The smallest absolute Gasteiger partial charge is 0.266 e. The van der Waals surface area contributed by atoms with Crippen LogP contribution >= 0.6 is 11.3 Å². The van der Waals surface area contributed by atoms with Crippen LogP contribution in [0.3, 0.4) is 0 Å². The van der Waals surface area contributed by atoms with E-state index in [-0.39, 0.29) is 11.4 Å². The highest BCUT2D eigenvalue weighted by molar-refractivity contribution is 7.17. The number of hydrogen-bond acceptors (Lipinski definition) is 4. The van der Waals surface area contributed by atoms with E-state index in [1.807, 2.05) is 24.4 Å². The number of hydrogen-bond donors (Lipinski definition) is 0. The van der Waals surface area contributed by atoms with Crippen LogP contribution in [0.15, 0.2) is 40.8 Å². The zero-order chi connectivity index (χ0) is 13.4. The Morgan fingerprint density at radius 1 is 1.32 bits per heavy atom. The van der Waals surface area contributed by atoms with Gasteiger partial charge in [-0.15, -0.1) is 11.3 Å². The molecule has 0 bridgehead atoms. The average molecular weight is 267 g/mol. The third-order valence-electron chi connectivity index (χ3n) is 2.88. The monoisotopic (exact) mass is 267 g/mol. The van der Waals surface area contributed by atoms with Crippen molar-refractivity contribution in [3.05, 3.63) is 52.0 Å². The van der Waals surface area contributed by atoms with Gasteiger partial charge in [0.25, 0.3) is 5.56 Å². The van der Waals surface area contributed by atoms with Gasteiger partial charge in [-0.3, -0.25) is 9.78 Å². The lowest BCUT2D eigenvalue weighted by Crippen LogP contribution is -2.20. The zero-order valence-electron chi connectivity index (χ0n) is 10.3. The molecule has 3 rings (SSSR count). The van der Waals surface area contributed by atoms with Crippen molar-refractivity contribution < 1.29 is 0 Å². The Hall–Kier alpha value is -1.95. The first-order valence-electron chi connectivity index (χ1n) is 5.84. The van der Waals surface area contributed by atoms with E-state index < -0.39 is 0 Å². The highest BCUT2D eigenvalue weighted by Crippen LogP contribution is 2.16. The van der Waals surface area contributed by atoms with Crippen LogP contribution in [0.2, 0.25) is 0 Å². The molecule has 92 valence electrons. The molecule has 4 nitrogen and oxygen atoms in total. The largest absolute Gasteiger partial charge is 0.289 e. The molecule has 0 fully saturated rings. The third-order valence-corrected chi connectivity index (χ3v) is 3.79. The van der Waals surface area contributed by atoms with Crippen LogP contribution in [-0.2, 0) is 0 Å². The fourth-order valence-electron chi connectivity index (χ4n) is 1.84. The molecule has 6 heteroatoms. The number of aromatic nitrogens is 3. The van der Waals surface area contributed by atoms with Crippen LogP contribution in [0, 0.1) is 0 Å². The molecule has 1 atom stereocenters.